The van der Waals surface area contributed by atoms with Crippen molar-refractivity contribution >= 4 is 35.5 Å². The molecule has 0 heterocycles. The number of carbonyl (C=O) groups excluding carboxylic acids is 5. The monoisotopic (exact) mass is 474 g/mol. The minimum absolute atomic E-state index is 0.0712. The van der Waals surface area contributed by atoms with Gasteiger partial charge in [-0.1, -0.05) is 13.8 Å². The lowest BCUT2D eigenvalue weighted by Gasteiger charge is -2.27. The van der Waals surface area contributed by atoms with E-state index < -0.39 is 71.7 Å². The minimum atomic E-state index is -1.61. The molecule has 0 saturated carbocycles. The van der Waals surface area contributed by atoms with Crippen molar-refractivity contribution in [1.29, 1.82) is 0 Å². The van der Waals surface area contributed by atoms with Crippen LogP contribution in [-0.2, 0) is 28.8 Å². The number of carboxylic acid groups (broad SMARTS) is 1. The number of rotatable bonds is 15. The van der Waals surface area contributed by atoms with Gasteiger partial charge in [-0.2, -0.15) is 0 Å². The van der Waals surface area contributed by atoms with E-state index in [2.05, 4.69) is 16.0 Å². The van der Waals surface area contributed by atoms with E-state index in [0.29, 0.717) is 0 Å². The molecule has 0 aliphatic heterocycles. The molecule has 0 saturated heterocycles. The van der Waals surface area contributed by atoms with Gasteiger partial charge in [0, 0.05) is 12.8 Å². The maximum atomic E-state index is 12.8. The predicted octanol–water partition coefficient (Wildman–Crippen LogP) is -3.58. The molecule has 14 nitrogen and oxygen atoms in total. The van der Waals surface area contributed by atoms with Crippen molar-refractivity contribution in [2.24, 2.45) is 23.1 Å². The van der Waals surface area contributed by atoms with Gasteiger partial charge in [-0.15, -0.1) is 0 Å². The van der Waals surface area contributed by atoms with Crippen LogP contribution in [0.5, 0.6) is 0 Å². The number of nitrogens with one attached hydrogen (secondary N) is 3. The van der Waals surface area contributed by atoms with E-state index >= 15 is 0 Å². The van der Waals surface area contributed by atoms with Crippen molar-refractivity contribution in [3.63, 3.8) is 0 Å². The summed E-state index contributed by atoms with van der Waals surface area (Å²) in [7, 11) is 0. The lowest BCUT2D eigenvalue weighted by atomic mass is 10.0. The topological polar surface area (TPSA) is 257 Å². The molecule has 0 spiro atoms. The van der Waals surface area contributed by atoms with Crippen molar-refractivity contribution in [3.05, 3.63) is 0 Å². The average Bonchev–Trinajstić information content (AvgIpc) is 2.69. The second kappa shape index (κ2) is 14.0. The highest BCUT2D eigenvalue weighted by atomic mass is 16.4. The smallest absolute Gasteiger partial charge is 0.328 e. The van der Waals surface area contributed by atoms with Crippen molar-refractivity contribution in [2.75, 3.05) is 0 Å². The van der Waals surface area contributed by atoms with Gasteiger partial charge in [0.1, 0.15) is 12.1 Å². The molecule has 0 aromatic heterocycles. The maximum absolute atomic E-state index is 12.8. The number of primary amides is 2. The fourth-order valence-corrected chi connectivity index (χ4v) is 2.68. The highest BCUT2D eigenvalue weighted by molar-refractivity contribution is 5.94. The van der Waals surface area contributed by atoms with Gasteiger partial charge in [0.25, 0.3) is 0 Å². The first-order valence-electron chi connectivity index (χ1n) is 10.3. The number of hydrogen-bond donors (Lipinski definition) is 8. The Hall–Kier alpha value is -3.26. The van der Waals surface area contributed by atoms with Crippen LogP contribution >= 0.6 is 0 Å². The molecule has 0 bridgehead atoms. The molecule has 0 aromatic rings. The van der Waals surface area contributed by atoms with Gasteiger partial charge in [-0.05, 0) is 25.7 Å². The first-order valence-corrected chi connectivity index (χ1v) is 10.3. The Labute approximate surface area is 191 Å². The second-order valence-corrected chi connectivity index (χ2v) is 7.97. The van der Waals surface area contributed by atoms with E-state index in [4.69, 9.17) is 22.3 Å². The largest absolute Gasteiger partial charge is 0.480 e. The quantitative estimate of drug-likeness (QED) is 0.116. The molecule has 11 N–H and O–H groups in total. The fraction of sp³-hybridized carbons (Fsp3) is 0.684. The van der Waals surface area contributed by atoms with E-state index in [1.165, 1.54) is 6.92 Å². The molecule has 33 heavy (non-hydrogen) atoms. The van der Waals surface area contributed by atoms with E-state index in [1.807, 2.05) is 0 Å². The van der Waals surface area contributed by atoms with Gasteiger partial charge in [-0.25, -0.2) is 4.79 Å². The first kappa shape index (κ1) is 29.7. The van der Waals surface area contributed by atoms with Gasteiger partial charge < -0.3 is 43.4 Å². The van der Waals surface area contributed by atoms with Crippen LogP contribution in [0.1, 0.15) is 46.5 Å². The molecule has 0 radical (unpaired) electrons. The van der Waals surface area contributed by atoms with Crippen LogP contribution in [0.15, 0.2) is 0 Å². The van der Waals surface area contributed by atoms with Crippen LogP contribution in [0, 0.1) is 5.92 Å². The van der Waals surface area contributed by atoms with Crippen molar-refractivity contribution in [1.82, 2.24) is 16.0 Å². The number of hydrogen-bond acceptors (Lipinski definition) is 8. The maximum Gasteiger partial charge on any atom is 0.328 e. The summed E-state index contributed by atoms with van der Waals surface area (Å²) in [5, 5.41) is 25.6. The normalized spacial score (nSPS) is 15.5. The third kappa shape index (κ3) is 11.2. The van der Waals surface area contributed by atoms with E-state index in [-0.39, 0.29) is 25.7 Å². The van der Waals surface area contributed by atoms with Crippen LogP contribution in [0.2, 0.25) is 0 Å². The van der Waals surface area contributed by atoms with E-state index in [9.17, 15) is 33.9 Å². The summed E-state index contributed by atoms with van der Waals surface area (Å²) in [5.74, 6) is -5.88. The highest BCUT2D eigenvalue weighted by Gasteiger charge is 2.33. The van der Waals surface area contributed by atoms with Crippen LogP contribution < -0.4 is 33.2 Å². The number of carboxylic acids is 1. The lowest BCUT2D eigenvalue weighted by molar-refractivity contribution is -0.145. The van der Waals surface area contributed by atoms with E-state index in [0.717, 1.165) is 0 Å². The summed E-state index contributed by atoms with van der Waals surface area (Å²) >= 11 is 0. The molecule has 5 amide bonds. The standard InChI is InChI=1S/C19H34N6O8/c1-8(2)14(18(31)25-15(9(3)26)19(32)33)24-17(30)11(5-7-13(22)28)23-16(29)10(20)4-6-12(21)27/h8-11,14-15,26H,4-7,20H2,1-3H3,(H2,21,27)(H2,22,28)(H,23,29)(H,24,30)(H,25,31)(H,32,33). The number of aliphatic carboxylic acids is 1. The van der Waals surface area contributed by atoms with Gasteiger partial charge in [0.05, 0.1) is 12.1 Å². The second-order valence-electron chi connectivity index (χ2n) is 7.97. The molecule has 14 heteroatoms. The van der Waals surface area contributed by atoms with Crippen molar-refractivity contribution in [3.8, 4) is 0 Å². The fourth-order valence-electron chi connectivity index (χ4n) is 2.68. The molecule has 0 aliphatic rings. The number of aliphatic hydroxyl groups excluding tert-OH is 1. The zero-order chi connectivity index (χ0) is 25.9. The molecule has 0 aromatic carbocycles. The number of carbonyl (C=O) groups is 6. The first-order chi connectivity index (χ1) is 15.2. The van der Waals surface area contributed by atoms with Crippen molar-refractivity contribution in [2.45, 2.75) is 76.7 Å². The molecule has 0 rings (SSSR count). The highest BCUT2D eigenvalue weighted by Crippen LogP contribution is 2.07. The number of aliphatic hydroxyl groups is 1. The molecule has 0 fully saturated rings. The summed E-state index contributed by atoms with van der Waals surface area (Å²) in [6.45, 7) is 4.34. The SMILES string of the molecule is CC(C)C(NC(=O)C(CCC(N)=O)NC(=O)C(N)CCC(N)=O)C(=O)NC(C(=O)O)C(C)O. The van der Waals surface area contributed by atoms with Crippen LogP contribution in [-0.4, -0.2) is 76.0 Å². The van der Waals surface area contributed by atoms with Gasteiger partial charge in [0.2, 0.25) is 29.5 Å². The van der Waals surface area contributed by atoms with Gasteiger partial charge >= 0.3 is 5.97 Å². The Balaban J connectivity index is 5.46. The predicted molar refractivity (Wildman–Crippen MR) is 115 cm³/mol. The van der Waals surface area contributed by atoms with Crippen molar-refractivity contribution < 1.29 is 39.0 Å². The Bertz CT molecular complexity index is 742. The molecule has 188 valence electrons. The summed E-state index contributed by atoms with van der Waals surface area (Å²) in [4.78, 5) is 71.0. The zero-order valence-corrected chi connectivity index (χ0v) is 18.9. The molecular formula is C19H34N6O8. The van der Waals surface area contributed by atoms with Gasteiger partial charge in [-0.3, -0.25) is 24.0 Å². The minimum Gasteiger partial charge on any atom is -0.480 e. The molecule has 5 atom stereocenters. The molecule has 5 unspecified atom stereocenters. The Morgan fingerprint density at radius 2 is 1.24 bits per heavy atom. The van der Waals surface area contributed by atoms with Gasteiger partial charge in [0.15, 0.2) is 6.04 Å². The third-order valence-corrected chi connectivity index (χ3v) is 4.64. The zero-order valence-electron chi connectivity index (χ0n) is 18.9. The summed E-state index contributed by atoms with van der Waals surface area (Å²) in [6.07, 6.45) is -2.10. The molecular weight excluding hydrogens is 440 g/mol. The third-order valence-electron chi connectivity index (χ3n) is 4.64. The molecule has 0 aliphatic carbocycles. The Kier molecular flexibility index (Phi) is 12.6. The lowest BCUT2D eigenvalue weighted by Crippen LogP contribution is -2.59. The average molecular weight is 475 g/mol. The summed E-state index contributed by atoms with van der Waals surface area (Å²) in [5.41, 5.74) is 15.8. The van der Waals surface area contributed by atoms with E-state index in [1.54, 1.807) is 13.8 Å². The summed E-state index contributed by atoms with van der Waals surface area (Å²) < 4.78 is 0. The summed E-state index contributed by atoms with van der Waals surface area (Å²) in [6, 6.07) is -5.29. The van der Waals surface area contributed by atoms with Crippen LogP contribution in [0.3, 0.4) is 0 Å². The number of amides is 5. The number of nitrogens with two attached hydrogens (primary N) is 3. The van der Waals surface area contributed by atoms with Crippen LogP contribution in [0.25, 0.3) is 0 Å². The Morgan fingerprint density at radius 1 is 0.758 bits per heavy atom. The Morgan fingerprint density at radius 3 is 1.67 bits per heavy atom. The van der Waals surface area contributed by atoms with Crippen LogP contribution in [0.4, 0.5) is 0 Å².